The van der Waals surface area contributed by atoms with Crippen molar-refractivity contribution in [2.75, 3.05) is 23.9 Å². The maximum absolute atomic E-state index is 11.3. The number of benzene rings is 1. The molecule has 0 aliphatic rings. The molecule has 0 unspecified atom stereocenters. The lowest BCUT2D eigenvalue weighted by atomic mass is 10.1. The number of aromatic nitrogens is 6. The second-order valence-electron chi connectivity index (χ2n) is 6.45. The number of fused-ring (bicyclic) bond motifs is 2. The summed E-state index contributed by atoms with van der Waals surface area (Å²) in [5, 5.41) is 16.3. The van der Waals surface area contributed by atoms with Crippen LogP contribution in [0, 0.1) is 0 Å². The first-order valence-electron chi connectivity index (χ1n) is 8.46. The van der Waals surface area contributed by atoms with E-state index in [0.717, 1.165) is 21.9 Å². The van der Waals surface area contributed by atoms with Gasteiger partial charge in [0.1, 0.15) is 15.7 Å². The second-order valence-corrected chi connectivity index (χ2v) is 8.71. The predicted molar refractivity (Wildman–Crippen MR) is 104 cm³/mol. The first-order valence-corrected chi connectivity index (χ1v) is 10.5. The van der Waals surface area contributed by atoms with Gasteiger partial charge in [0.25, 0.3) is 0 Å². The van der Waals surface area contributed by atoms with Crippen LogP contribution in [0.5, 0.6) is 0 Å². The van der Waals surface area contributed by atoms with Crippen molar-refractivity contribution >= 4 is 37.6 Å². The molecule has 4 aromatic rings. The van der Waals surface area contributed by atoms with Gasteiger partial charge in [-0.25, -0.2) is 18.4 Å². The van der Waals surface area contributed by atoms with Gasteiger partial charge in [0, 0.05) is 30.8 Å². The quantitative estimate of drug-likeness (QED) is 0.485. The summed E-state index contributed by atoms with van der Waals surface area (Å²) in [5.41, 5.74) is 2.47. The van der Waals surface area contributed by atoms with Crippen molar-refractivity contribution in [3.8, 4) is 11.4 Å². The summed E-state index contributed by atoms with van der Waals surface area (Å²) in [6.07, 6.45) is 5.19. The maximum Gasteiger partial charge on any atom is 0.164 e. The Kier molecular flexibility index (Phi) is 4.27. The molecule has 9 nitrogen and oxygen atoms in total. The number of nitrogens with one attached hydrogen (secondary N) is 2. The van der Waals surface area contributed by atoms with Crippen LogP contribution in [-0.4, -0.2) is 56.9 Å². The van der Waals surface area contributed by atoms with Crippen molar-refractivity contribution in [3.63, 3.8) is 0 Å². The summed E-state index contributed by atoms with van der Waals surface area (Å²) in [7, 11) is -1.16. The van der Waals surface area contributed by atoms with Crippen molar-refractivity contribution in [3.05, 3.63) is 30.6 Å². The van der Waals surface area contributed by atoms with Gasteiger partial charge in [-0.2, -0.15) is 10.2 Å². The minimum atomic E-state index is -2.99. The van der Waals surface area contributed by atoms with Gasteiger partial charge in [-0.3, -0.25) is 9.78 Å². The highest BCUT2D eigenvalue weighted by atomic mass is 32.2. The number of nitrogens with zero attached hydrogens (tertiary/aromatic N) is 5. The van der Waals surface area contributed by atoms with Gasteiger partial charge < -0.3 is 5.32 Å². The molecule has 3 aromatic heterocycles. The minimum Gasteiger partial charge on any atom is -0.369 e. The number of rotatable bonds is 6. The van der Waals surface area contributed by atoms with Gasteiger partial charge in [-0.1, -0.05) is 12.1 Å². The molecule has 0 spiro atoms. The van der Waals surface area contributed by atoms with Crippen LogP contribution in [0.2, 0.25) is 0 Å². The van der Waals surface area contributed by atoms with E-state index in [9.17, 15) is 8.42 Å². The normalized spacial score (nSPS) is 12.1. The number of hydrogen-bond donors (Lipinski definition) is 2. The first kappa shape index (κ1) is 17.4. The topological polar surface area (TPSA) is 118 Å². The fourth-order valence-corrected chi connectivity index (χ4v) is 3.65. The molecule has 0 radical (unpaired) electrons. The van der Waals surface area contributed by atoms with Crippen molar-refractivity contribution < 1.29 is 8.42 Å². The SMILES string of the molecule is Cn1ncc2c(NCCCS(C)(=O)=O)nc(-c3cccc4[nH]ncc34)nc21. The minimum absolute atomic E-state index is 0.127. The standard InChI is InChI=1S/C17H19N7O2S/c1-24-17-13(10-20-24)15(18-7-4-8-27(2,25)26)21-16(22-17)11-5-3-6-14-12(11)9-19-23-14/h3,5-6,9-10H,4,7-8H2,1-2H3,(H,19,23)(H,18,21,22). The Balaban J connectivity index is 1.74. The molecule has 0 fully saturated rings. The highest BCUT2D eigenvalue weighted by molar-refractivity contribution is 7.90. The summed E-state index contributed by atoms with van der Waals surface area (Å²) in [6, 6.07) is 5.81. The Morgan fingerprint density at radius 1 is 1.19 bits per heavy atom. The van der Waals surface area contributed by atoms with Crippen LogP contribution in [0.3, 0.4) is 0 Å². The van der Waals surface area contributed by atoms with E-state index in [1.54, 1.807) is 17.1 Å². The average molecular weight is 385 g/mol. The van der Waals surface area contributed by atoms with Gasteiger partial charge in [-0.15, -0.1) is 0 Å². The van der Waals surface area contributed by atoms with Crippen LogP contribution in [-0.2, 0) is 16.9 Å². The second kappa shape index (κ2) is 6.62. The molecule has 0 atom stereocenters. The molecular weight excluding hydrogens is 366 g/mol. The summed E-state index contributed by atoms with van der Waals surface area (Å²) in [5.74, 6) is 1.32. The molecule has 0 aliphatic carbocycles. The molecular formula is C17H19N7O2S. The zero-order chi connectivity index (χ0) is 19.0. The van der Waals surface area contributed by atoms with Gasteiger partial charge in [-0.05, 0) is 12.5 Å². The van der Waals surface area contributed by atoms with E-state index in [0.29, 0.717) is 30.3 Å². The maximum atomic E-state index is 11.3. The Hall–Kier alpha value is -3.01. The molecule has 10 heteroatoms. The lowest BCUT2D eigenvalue weighted by Gasteiger charge is -2.09. The van der Waals surface area contributed by atoms with Crippen LogP contribution in [0.4, 0.5) is 5.82 Å². The van der Waals surface area contributed by atoms with E-state index in [1.165, 1.54) is 6.26 Å². The van der Waals surface area contributed by atoms with E-state index in [4.69, 9.17) is 0 Å². The lowest BCUT2D eigenvalue weighted by molar-refractivity contribution is 0.600. The van der Waals surface area contributed by atoms with Crippen molar-refractivity contribution in [2.45, 2.75) is 6.42 Å². The molecule has 4 rings (SSSR count). The van der Waals surface area contributed by atoms with E-state index >= 15 is 0 Å². The van der Waals surface area contributed by atoms with Gasteiger partial charge >= 0.3 is 0 Å². The van der Waals surface area contributed by atoms with Crippen LogP contribution >= 0.6 is 0 Å². The Morgan fingerprint density at radius 3 is 2.85 bits per heavy atom. The number of aryl methyl sites for hydroxylation is 1. The highest BCUT2D eigenvalue weighted by Gasteiger charge is 2.15. The van der Waals surface area contributed by atoms with E-state index in [-0.39, 0.29) is 5.75 Å². The molecule has 1 aromatic carbocycles. The monoisotopic (exact) mass is 385 g/mol. The molecule has 0 saturated carbocycles. The van der Waals surface area contributed by atoms with Gasteiger partial charge in [0.15, 0.2) is 11.5 Å². The number of hydrogen-bond acceptors (Lipinski definition) is 7. The molecule has 0 aliphatic heterocycles. The fraction of sp³-hybridized carbons (Fsp3) is 0.294. The van der Waals surface area contributed by atoms with Crippen molar-refractivity contribution in [1.29, 1.82) is 0 Å². The number of aromatic amines is 1. The van der Waals surface area contributed by atoms with Crippen LogP contribution in [0.1, 0.15) is 6.42 Å². The molecule has 140 valence electrons. The van der Waals surface area contributed by atoms with Gasteiger partial charge in [0.2, 0.25) is 0 Å². The smallest absolute Gasteiger partial charge is 0.164 e. The number of sulfone groups is 1. The molecule has 0 amide bonds. The largest absolute Gasteiger partial charge is 0.369 e. The number of H-pyrrole nitrogens is 1. The van der Waals surface area contributed by atoms with Crippen molar-refractivity contribution in [1.82, 2.24) is 29.9 Å². The summed E-state index contributed by atoms with van der Waals surface area (Å²) in [4.78, 5) is 9.36. The molecule has 0 saturated heterocycles. The predicted octanol–water partition coefficient (Wildman–Crippen LogP) is 1.75. The molecule has 27 heavy (non-hydrogen) atoms. The first-order chi connectivity index (χ1) is 12.9. The van der Waals surface area contributed by atoms with Crippen LogP contribution in [0.25, 0.3) is 33.3 Å². The Morgan fingerprint density at radius 2 is 2.04 bits per heavy atom. The Labute approximate surface area is 155 Å². The van der Waals surface area contributed by atoms with Crippen LogP contribution in [0.15, 0.2) is 30.6 Å². The fourth-order valence-electron chi connectivity index (χ4n) is 2.98. The zero-order valence-electron chi connectivity index (χ0n) is 15.0. The van der Waals surface area contributed by atoms with E-state index in [1.807, 2.05) is 25.2 Å². The summed E-state index contributed by atoms with van der Waals surface area (Å²) in [6.45, 7) is 0.490. The van der Waals surface area contributed by atoms with Crippen LogP contribution < -0.4 is 5.32 Å². The number of anilines is 1. The molecule has 3 heterocycles. The van der Waals surface area contributed by atoms with E-state index in [2.05, 4.69) is 30.6 Å². The lowest BCUT2D eigenvalue weighted by Crippen LogP contribution is -2.11. The molecule has 2 N–H and O–H groups in total. The third-order valence-corrected chi connectivity index (χ3v) is 5.33. The summed E-state index contributed by atoms with van der Waals surface area (Å²) < 4.78 is 24.3. The van der Waals surface area contributed by atoms with E-state index < -0.39 is 9.84 Å². The molecule has 0 bridgehead atoms. The third kappa shape index (κ3) is 3.47. The van der Waals surface area contributed by atoms with Crippen molar-refractivity contribution in [2.24, 2.45) is 7.05 Å². The average Bonchev–Trinajstić information content (AvgIpc) is 3.24. The zero-order valence-corrected chi connectivity index (χ0v) is 15.8. The van der Waals surface area contributed by atoms with Gasteiger partial charge in [0.05, 0.1) is 29.0 Å². The Bertz CT molecular complexity index is 1230. The summed E-state index contributed by atoms with van der Waals surface area (Å²) >= 11 is 0. The highest BCUT2D eigenvalue weighted by Crippen LogP contribution is 2.28. The third-order valence-electron chi connectivity index (χ3n) is 4.30.